The molecule has 3 rings (SSSR count). The molecule has 1 aliphatic carbocycles. The highest BCUT2D eigenvalue weighted by Gasteiger charge is 2.24. The van der Waals surface area contributed by atoms with E-state index in [1.807, 2.05) is 12.1 Å². The smallest absolute Gasteiger partial charge is 0.233 e. The van der Waals surface area contributed by atoms with E-state index in [0.717, 1.165) is 23.7 Å². The maximum Gasteiger partial charge on any atom is 0.233 e. The molecule has 0 radical (unpaired) electrons. The Balaban J connectivity index is 1.91. The number of ether oxygens (including phenoxy) is 1. The number of methoxy groups -OCH3 is 1. The number of aromatic nitrogens is 3. The van der Waals surface area contributed by atoms with Crippen LogP contribution in [0.3, 0.4) is 0 Å². The molecule has 0 amide bonds. The summed E-state index contributed by atoms with van der Waals surface area (Å²) < 4.78 is 5.03. The van der Waals surface area contributed by atoms with Crippen LogP contribution in [0.15, 0.2) is 12.1 Å². The van der Waals surface area contributed by atoms with Crippen LogP contribution in [0.25, 0.3) is 10.7 Å². The van der Waals surface area contributed by atoms with E-state index in [-0.39, 0.29) is 0 Å². The molecule has 0 aliphatic heterocycles. The standard InChI is InChI=1S/C14H18N4OS/c1-3-15-9-5-4-6-10-13(9)20-14(16-10)11-7-8-12(19-2)18-17-11/h7-9,15H,3-6H2,1-2H3. The number of fused-ring (bicyclic) bond motifs is 1. The third kappa shape index (κ3) is 2.53. The third-order valence-electron chi connectivity index (χ3n) is 3.47. The third-order valence-corrected chi connectivity index (χ3v) is 4.70. The summed E-state index contributed by atoms with van der Waals surface area (Å²) in [4.78, 5) is 6.11. The summed E-state index contributed by atoms with van der Waals surface area (Å²) in [5, 5.41) is 12.7. The molecule has 20 heavy (non-hydrogen) atoms. The monoisotopic (exact) mass is 290 g/mol. The number of nitrogens with zero attached hydrogens (tertiary/aromatic N) is 3. The van der Waals surface area contributed by atoms with Crippen LogP contribution in [0.2, 0.25) is 0 Å². The first-order valence-corrected chi connectivity index (χ1v) is 7.74. The Hall–Kier alpha value is -1.53. The summed E-state index contributed by atoms with van der Waals surface area (Å²) in [5.74, 6) is 0.528. The Labute approximate surface area is 122 Å². The predicted octanol–water partition coefficient (Wildman–Crippen LogP) is 2.60. The lowest BCUT2D eigenvalue weighted by atomic mass is 9.98. The average molecular weight is 290 g/mol. The van der Waals surface area contributed by atoms with Gasteiger partial charge in [-0.15, -0.1) is 21.5 Å². The van der Waals surface area contributed by atoms with Gasteiger partial charge in [0.1, 0.15) is 10.7 Å². The van der Waals surface area contributed by atoms with E-state index in [0.29, 0.717) is 11.9 Å². The number of hydrogen-bond acceptors (Lipinski definition) is 6. The van der Waals surface area contributed by atoms with Gasteiger partial charge in [-0.1, -0.05) is 6.92 Å². The van der Waals surface area contributed by atoms with Crippen molar-refractivity contribution in [3.05, 3.63) is 22.7 Å². The van der Waals surface area contributed by atoms with Crippen LogP contribution in [0.5, 0.6) is 5.88 Å². The Bertz CT molecular complexity index is 581. The summed E-state index contributed by atoms with van der Waals surface area (Å²) in [7, 11) is 1.59. The topological polar surface area (TPSA) is 59.9 Å². The van der Waals surface area contributed by atoms with Gasteiger partial charge in [-0.25, -0.2) is 4.98 Å². The average Bonchev–Trinajstić information content (AvgIpc) is 2.93. The minimum absolute atomic E-state index is 0.446. The van der Waals surface area contributed by atoms with E-state index >= 15 is 0 Å². The van der Waals surface area contributed by atoms with Gasteiger partial charge in [-0.3, -0.25) is 0 Å². The van der Waals surface area contributed by atoms with Gasteiger partial charge in [0.15, 0.2) is 0 Å². The van der Waals surface area contributed by atoms with Crippen molar-refractivity contribution in [1.29, 1.82) is 0 Å². The Morgan fingerprint density at radius 1 is 1.40 bits per heavy atom. The lowest BCUT2D eigenvalue weighted by Crippen LogP contribution is -2.23. The number of aryl methyl sites for hydroxylation is 1. The maximum atomic E-state index is 5.03. The zero-order chi connectivity index (χ0) is 13.9. The van der Waals surface area contributed by atoms with Gasteiger partial charge in [0.25, 0.3) is 0 Å². The second-order valence-corrected chi connectivity index (χ2v) is 5.82. The van der Waals surface area contributed by atoms with Crippen LogP contribution >= 0.6 is 11.3 Å². The summed E-state index contributed by atoms with van der Waals surface area (Å²) in [6.07, 6.45) is 3.45. The molecular formula is C14H18N4OS. The van der Waals surface area contributed by atoms with E-state index in [9.17, 15) is 0 Å². The zero-order valence-corrected chi connectivity index (χ0v) is 12.5. The van der Waals surface area contributed by atoms with Crippen LogP contribution in [0.1, 0.15) is 36.4 Å². The minimum Gasteiger partial charge on any atom is -0.480 e. The first kappa shape index (κ1) is 13.5. The van der Waals surface area contributed by atoms with Gasteiger partial charge in [0, 0.05) is 17.0 Å². The van der Waals surface area contributed by atoms with Crippen molar-refractivity contribution < 1.29 is 4.74 Å². The van der Waals surface area contributed by atoms with Crippen LogP contribution in [-0.2, 0) is 6.42 Å². The normalized spacial score (nSPS) is 17.8. The Morgan fingerprint density at radius 3 is 3.00 bits per heavy atom. The van der Waals surface area contributed by atoms with Gasteiger partial charge in [-0.2, -0.15) is 0 Å². The second kappa shape index (κ2) is 5.85. The fourth-order valence-corrected chi connectivity index (χ4v) is 3.70. The van der Waals surface area contributed by atoms with E-state index in [1.165, 1.54) is 23.4 Å². The van der Waals surface area contributed by atoms with Gasteiger partial charge >= 0.3 is 0 Å². The molecule has 0 bridgehead atoms. The highest BCUT2D eigenvalue weighted by molar-refractivity contribution is 7.15. The van der Waals surface area contributed by atoms with Crippen LogP contribution in [0.4, 0.5) is 0 Å². The molecule has 6 heteroatoms. The Morgan fingerprint density at radius 2 is 2.30 bits per heavy atom. The molecule has 1 N–H and O–H groups in total. The molecule has 5 nitrogen and oxygen atoms in total. The molecule has 0 spiro atoms. The SMILES string of the molecule is CCNC1CCCc2nc(-c3ccc(OC)nn3)sc21. The first-order valence-electron chi connectivity index (χ1n) is 6.93. The fourth-order valence-electron chi connectivity index (χ4n) is 2.51. The largest absolute Gasteiger partial charge is 0.480 e. The molecule has 0 aromatic carbocycles. The van der Waals surface area contributed by atoms with Crippen LogP contribution in [-0.4, -0.2) is 28.8 Å². The molecule has 2 aromatic heterocycles. The summed E-state index contributed by atoms with van der Waals surface area (Å²) in [5.41, 5.74) is 2.04. The van der Waals surface area contributed by atoms with E-state index in [1.54, 1.807) is 18.4 Å². The van der Waals surface area contributed by atoms with Crippen molar-refractivity contribution >= 4 is 11.3 Å². The summed E-state index contributed by atoms with van der Waals surface area (Å²) in [6.45, 7) is 3.13. The molecule has 2 heterocycles. The molecule has 0 saturated heterocycles. The molecule has 1 unspecified atom stereocenters. The number of rotatable bonds is 4. The molecule has 0 fully saturated rings. The van der Waals surface area contributed by atoms with Crippen molar-refractivity contribution in [3.8, 4) is 16.6 Å². The molecule has 106 valence electrons. The van der Waals surface area contributed by atoms with Gasteiger partial charge < -0.3 is 10.1 Å². The number of nitrogens with one attached hydrogen (secondary N) is 1. The quantitative estimate of drug-likeness (QED) is 0.938. The number of hydrogen-bond donors (Lipinski definition) is 1. The Kier molecular flexibility index (Phi) is 3.93. The van der Waals surface area contributed by atoms with E-state index in [4.69, 9.17) is 9.72 Å². The minimum atomic E-state index is 0.446. The number of thiazole rings is 1. The molecule has 1 atom stereocenters. The van der Waals surface area contributed by atoms with Crippen molar-refractivity contribution in [2.75, 3.05) is 13.7 Å². The lowest BCUT2D eigenvalue weighted by molar-refractivity contribution is 0.392. The van der Waals surface area contributed by atoms with Gasteiger partial charge in [-0.05, 0) is 31.9 Å². The summed E-state index contributed by atoms with van der Waals surface area (Å²) in [6, 6.07) is 4.18. The van der Waals surface area contributed by atoms with Crippen molar-refractivity contribution in [1.82, 2.24) is 20.5 Å². The van der Waals surface area contributed by atoms with Crippen molar-refractivity contribution in [3.63, 3.8) is 0 Å². The van der Waals surface area contributed by atoms with E-state index < -0.39 is 0 Å². The molecular weight excluding hydrogens is 272 g/mol. The van der Waals surface area contributed by atoms with Crippen LogP contribution < -0.4 is 10.1 Å². The first-order chi connectivity index (χ1) is 9.81. The molecule has 0 saturated carbocycles. The fraction of sp³-hybridized carbons (Fsp3) is 0.500. The van der Waals surface area contributed by atoms with Gasteiger partial charge in [0.2, 0.25) is 5.88 Å². The van der Waals surface area contributed by atoms with Gasteiger partial charge in [0.05, 0.1) is 12.8 Å². The predicted molar refractivity (Wildman–Crippen MR) is 79.0 cm³/mol. The molecule has 1 aliphatic rings. The highest BCUT2D eigenvalue weighted by Crippen LogP contribution is 2.37. The van der Waals surface area contributed by atoms with Crippen molar-refractivity contribution in [2.24, 2.45) is 0 Å². The van der Waals surface area contributed by atoms with Crippen LogP contribution in [0, 0.1) is 0 Å². The maximum absolute atomic E-state index is 5.03. The highest BCUT2D eigenvalue weighted by atomic mass is 32.1. The zero-order valence-electron chi connectivity index (χ0n) is 11.7. The summed E-state index contributed by atoms with van der Waals surface area (Å²) >= 11 is 1.73. The lowest BCUT2D eigenvalue weighted by Gasteiger charge is -2.21. The molecule has 2 aromatic rings. The second-order valence-electron chi connectivity index (χ2n) is 4.79. The van der Waals surface area contributed by atoms with Crippen molar-refractivity contribution in [2.45, 2.75) is 32.2 Å². The van der Waals surface area contributed by atoms with E-state index in [2.05, 4.69) is 22.4 Å².